The molecule has 3 rings (SSSR count). The fourth-order valence-corrected chi connectivity index (χ4v) is 3.92. The number of benzene rings is 2. The number of nitrogens with one attached hydrogen (secondary N) is 2. The third-order valence-corrected chi connectivity index (χ3v) is 5.56. The Labute approximate surface area is 222 Å². The van der Waals surface area contributed by atoms with Gasteiger partial charge in [0.15, 0.2) is 17.3 Å². The predicted octanol–water partition coefficient (Wildman–Crippen LogP) is 5.56. The molecule has 0 atom stereocenters. The monoisotopic (exact) mass is 527 g/mol. The van der Waals surface area contributed by atoms with E-state index < -0.39 is 5.82 Å². The first-order chi connectivity index (χ1) is 18.1. The average molecular weight is 528 g/mol. The number of anilines is 3. The van der Waals surface area contributed by atoms with E-state index in [4.69, 9.17) is 9.47 Å². The van der Waals surface area contributed by atoms with Crippen LogP contribution < -0.4 is 25.0 Å². The Bertz CT molecular complexity index is 1230. The zero-order chi connectivity index (χ0) is 27.8. The zero-order valence-corrected chi connectivity index (χ0v) is 22.6. The van der Waals surface area contributed by atoms with Crippen LogP contribution in [0.15, 0.2) is 42.7 Å². The molecule has 38 heavy (non-hydrogen) atoms. The van der Waals surface area contributed by atoms with Crippen LogP contribution in [0.1, 0.15) is 43.6 Å². The highest BCUT2D eigenvalue weighted by atomic mass is 19.1. The van der Waals surface area contributed by atoms with E-state index in [1.807, 2.05) is 0 Å². The van der Waals surface area contributed by atoms with Crippen LogP contribution >= 0.6 is 0 Å². The predicted molar refractivity (Wildman–Crippen MR) is 144 cm³/mol. The lowest BCUT2D eigenvalue weighted by Crippen LogP contribution is -2.32. The highest BCUT2D eigenvalue weighted by Gasteiger charge is 2.17. The fourth-order valence-electron chi connectivity index (χ4n) is 3.92. The summed E-state index contributed by atoms with van der Waals surface area (Å²) in [5.74, 6) is -0.0377. The number of methoxy groups -OCH3 is 1. The smallest absolute Gasteiger partial charge is 0.251 e. The maximum atomic E-state index is 15.0. The Morgan fingerprint density at radius 2 is 1.68 bits per heavy atom. The molecule has 0 aliphatic carbocycles. The Morgan fingerprint density at radius 3 is 2.24 bits per heavy atom. The first-order valence-corrected chi connectivity index (χ1v) is 12.5. The van der Waals surface area contributed by atoms with Crippen molar-refractivity contribution in [1.29, 1.82) is 0 Å². The topological polar surface area (TPSA) is 88.6 Å². The summed E-state index contributed by atoms with van der Waals surface area (Å²) < 4.78 is 40.3. The maximum Gasteiger partial charge on any atom is 0.251 e. The molecule has 1 amide bonds. The number of aromatic nitrogens is 2. The van der Waals surface area contributed by atoms with Crippen molar-refractivity contribution in [2.75, 3.05) is 37.5 Å². The molecular formula is C28H35F2N5O3. The van der Waals surface area contributed by atoms with Crippen molar-refractivity contribution in [3.8, 4) is 11.5 Å². The number of halogens is 2. The van der Waals surface area contributed by atoms with Gasteiger partial charge >= 0.3 is 0 Å². The van der Waals surface area contributed by atoms with Gasteiger partial charge in [0.25, 0.3) is 5.91 Å². The van der Waals surface area contributed by atoms with Crippen molar-refractivity contribution >= 4 is 23.2 Å². The summed E-state index contributed by atoms with van der Waals surface area (Å²) in [6.45, 7) is 9.81. The molecule has 0 aliphatic rings. The Kier molecular flexibility index (Phi) is 9.81. The molecule has 0 radical (unpaired) electrons. The van der Waals surface area contributed by atoms with Crippen molar-refractivity contribution in [1.82, 2.24) is 15.3 Å². The number of amides is 1. The van der Waals surface area contributed by atoms with Gasteiger partial charge in [0.05, 0.1) is 25.2 Å². The van der Waals surface area contributed by atoms with Gasteiger partial charge in [0.2, 0.25) is 5.95 Å². The van der Waals surface area contributed by atoms with E-state index in [0.717, 1.165) is 13.1 Å². The van der Waals surface area contributed by atoms with Gasteiger partial charge in [-0.1, -0.05) is 27.7 Å². The summed E-state index contributed by atoms with van der Waals surface area (Å²) in [5, 5.41) is 5.48. The average Bonchev–Trinajstić information content (AvgIpc) is 2.87. The Balaban J connectivity index is 1.68. The van der Waals surface area contributed by atoms with Crippen LogP contribution in [-0.4, -0.2) is 43.1 Å². The van der Waals surface area contributed by atoms with Crippen molar-refractivity contribution in [3.63, 3.8) is 0 Å². The summed E-state index contributed by atoms with van der Waals surface area (Å²) in [6, 6.07) is 7.69. The van der Waals surface area contributed by atoms with E-state index in [9.17, 15) is 9.18 Å². The van der Waals surface area contributed by atoms with Crippen LogP contribution in [0.3, 0.4) is 0 Å². The minimum atomic E-state index is -0.620. The molecular weight excluding hydrogens is 492 g/mol. The lowest BCUT2D eigenvalue weighted by Gasteiger charge is -2.29. The van der Waals surface area contributed by atoms with Gasteiger partial charge in [0.1, 0.15) is 12.4 Å². The minimum Gasteiger partial charge on any atom is -0.494 e. The molecule has 204 valence electrons. The molecule has 3 aromatic rings. The molecule has 1 aromatic heterocycles. The highest BCUT2D eigenvalue weighted by Crippen LogP contribution is 2.27. The van der Waals surface area contributed by atoms with E-state index in [1.54, 1.807) is 12.1 Å². The van der Waals surface area contributed by atoms with Crippen LogP contribution in [0.5, 0.6) is 11.5 Å². The SMILES string of the molecule is CNC(=O)c1cc(COc2cnc(Nc3ccc(N(CC(C)C)CC(C)C)c(F)c3)nc2)c(F)c(OC)c1. The molecule has 2 aromatic carbocycles. The van der Waals surface area contributed by atoms with Gasteiger partial charge in [-0.15, -0.1) is 0 Å². The highest BCUT2D eigenvalue weighted by molar-refractivity contribution is 5.94. The van der Waals surface area contributed by atoms with Crippen LogP contribution in [0.4, 0.5) is 26.1 Å². The van der Waals surface area contributed by atoms with Gasteiger partial charge < -0.3 is 25.0 Å². The van der Waals surface area contributed by atoms with Gasteiger partial charge in [-0.2, -0.15) is 0 Å². The van der Waals surface area contributed by atoms with Crippen LogP contribution in [0.2, 0.25) is 0 Å². The van der Waals surface area contributed by atoms with Crippen molar-refractivity contribution < 1.29 is 23.0 Å². The molecule has 0 aliphatic heterocycles. The second kappa shape index (κ2) is 13.0. The van der Waals surface area contributed by atoms with E-state index in [0.29, 0.717) is 29.0 Å². The number of hydrogen-bond acceptors (Lipinski definition) is 7. The molecule has 0 saturated heterocycles. The van der Waals surface area contributed by atoms with Crippen molar-refractivity contribution in [3.05, 3.63) is 65.5 Å². The normalized spacial score (nSPS) is 11.0. The lowest BCUT2D eigenvalue weighted by atomic mass is 10.1. The van der Waals surface area contributed by atoms with Crippen LogP contribution in [0, 0.1) is 23.5 Å². The Hall–Kier alpha value is -3.95. The van der Waals surface area contributed by atoms with E-state index in [2.05, 4.69) is 53.2 Å². The number of rotatable bonds is 12. The quantitative estimate of drug-likeness (QED) is 0.319. The third-order valence-electron chi connectivity index (χ3n) is 5.56. The second-order valence-electron chi connectivity index (χ2n) is 9.75. The lowest BCUT2D eigenvalue weighted by molar-refractivity contribution is 0.0962. The molecule has 10 heteroatoms. The van der Waals surface area contributed by atoms with Crippen LogP contribution in [0.25, 0.3) is 0 Å². The summed E-state index contributed by atoms with van der Waals surface area (Å²) in [4.78, 5) is 22.5. The molecule has 0 unspecified atom stereocenters. The zero-order valence-electron chi connectivity index (χ0n) is 22.6. The summed E-state index contributed by atoms with van der Waals surface area (Å²) >= 11 is 0. The first-order valence-electron chi connectivity index (χ1n) is 12.5. The third kappa shape index (κ3) is 7.53. The van der Waals surface area contributed by atoms with Gasteiger partial charge in [-0.05, 0) is 42.2 Å². The first kappa shape index (κ1) is 28.6. The molecule has 2 N–H and O–H groups in total. The molecule has 8 nitrogen and oxygen atoms in total. The van der Waals surface area contributed by atoms with Crippen LogP contribution in [-0.2, 0) is 6.61 Å². The van der Waals surface area contributed by atoms with Gasteiger partial charge in [0, 0.05) is 37.0 Å². The molecule has 0 saturated carbocycles. The molecule has 1 heterocycles. The van der Waals surface area contributed by atoms with Gasteiger partial charge in [-0.3, -0.25) is 4.79 Å². The molecule has 0 bridgehead atoms. The number of nitrogens with zero attached hydrogens (tertiary/aromatic N) is 3. The largest absolute Gasteiger partial charge is 0.494 e. The minimum absolute atomic E-state index is 0.0599. The number of carbonyl (C=O) groups is 1. The number of carbonyl (C=O) groups excluding carboxylic acids is 1. The van der Waals surface area contributed by atoms with Crippen molar-refractivity contribution in [2.24, 2.45) is 11.8 Å². The maximum absolute atomic E-state index is 15.0. The fraction of sp³-hybridized carbons (Fsp3) is 0.393. The van der Waals surface area contributed by atoms with Crippen molar-refractivity contribution in [2.45, 2.75) is 34.3 Å². The number of ether oxygens (including phenoxy) is 2. The Morgan fingerprint density at radius 1 is 1.03 bits per heavy atom. The van der Waals surface area contributed by atoms with E-state index in [1.165, 1.54) is 44.8 Å². The molecule has 0 fully saturated rings. The van der Waals surface area contributed by atoms with Gasteiger partial charge in [-0.25, -0.2) is 18.7 Å². The summed E-state index contributed by atoms with van der Waals surface area (Å²) in [6.07, 6.45) is 2.84. The number of hydrogen-bond donors (Lipinski definition) is 2. The van der Waals surface area contributed by atoms with E-state index in [-0.39, 0.29) is 41.2 Å². The standard InChI is InChI=1S/C28H35F2N5O3/c1-17(2)14-35(15-18(3)4)24-8-7-21(11-23(24)29)34-28-32-12-22(13-33-28)38-16-20-9-19(27(36)31-5)10-25(37-6)26(20)30/h7-13,17-18H,14-16H2,1-6H3,(H,31,36)(H,32,33,34). The molecule has 0 spiro atoms. The summed E-state index contributed by atoms with van der Waals surface area (Å²) in [7, 11) is 2.81. The second-order valence-corrected chi connectivity index (χ2v) is 9.75. The summed E-state index contributed by atoms with van der Waals surface area (Å²) in [5.41, 5.74) is 1.46. The van der Waals surface area contributed by atoms with E-state index >= 15 is 4.39 Å².